The number of hydrogen-bond acceptors (Lipinski definition) is 2. The van der Waals surface area contributed by atoms with Crippen molar-refractivity contribution >= 4 is 11.6 Å². The van der Waals surface area contributed by atoms with Gasteiger partial charge in [0, 0.05) is 18.3 Å². The molecule has 1 heterocycles. The van der Waals surface area contributed by atoms with Gasteiger partial charge in [0.1, 0.15) is 6.10 Å². The molecule has 1 atom stereocenters. The van der Waals surface area contributed by atoms with E-state index in [2.05, 4.69) is 5.10 Å². The van der Waals surface area contributed by atoms with Crippen LogP contribution < -0.4 is 0 Å². The first-order valence-corrected chi connectivity index (χ1v) is 5.39. The molecule has 0 radical (unpaired) electrons. The molecular formula is C12H13ClN2O. The third-order valence-electron chi connectivity index (χ3n) is 2.53. The highest BCUT2D eigenvalue weighted by Gasteiger charge is 2.13. The van der Waals surface area contributed by atoms with Crippen molar-refractivity contribution in [1.82, 2.24) is 9.78 Å². The van der Waals surface area contributed by atoms with Crippen molar-refractivity contribution < 1.29 is 5.11 Å². The van der Waals surface area contributed by atoms with Crippen LogP contribution in [0.2, 0.25) is 5.02 Å². The van der Waals surface area contributed by atoms with Gasteiger partial charge >= 0.3 is 0 Å². The molecule has 84 valence electrons. The molecule has 1 unspecified atom stereocenters. The van der Waals surface area contributed by atoms with E-state index in [0.29, 0.717) is 10.7 Å². The second kappa shape index (κ2) is 4.28. The van der Waals surface area contributed by atoms with Gasteiger partial charge in [0.2, 0.25) is 0 Å². The summed E-state index contributed by atoms with van der Waals surface area (Å²) in [5, 5.41) is 14.9. The highest BCUT2D eigenvalue weighted by molar-refractivity contribution is 6.31. The Morgan fingerprint density at radius 2 is 2.12 bits per heavy atom. The van der Waals surface area contributed by atoms with E-state index >= 15 is 0 Å². The molecular weight excluding hydrogens is 224 g/mol. The maximum atomic E-state index is 10.1. The number of aliphatic hydroxyl groups is 1. The Bertz CT molecular complexity index is 507. The van der Waals surface area contributed by atoms with Gasteiger partial charge < -0.3 is 5.11 Å². The number of halogens is 1. The Balaban J connectivity index is 2.33. The van der Waals surface area contributed by atoms with Crippen LogP contribution in [0.5, 0.6) is 0 Å². The van der Waals surface area contributed by atoms with E-state index in [9.17, 15) is 5.11 Å². The van der Waals surface area contributed by atoms with Crippen molar-refractivity contribution in [3.05, 3.63) is 52.3 Å². The monoisotopic (exact) mass is 236 g/mol. The highest BCUT2D eigenvalue weighted by Crippen LogP contribution is 2.24. The second-order valence-electron chi connectivity index (χ2n) is 3.83. The zero-order valence-corrected chi connectivity index (χ0v) is 9.94. The molecule has 16 heavy (non-hydrogen) atoms. The van der Waals surface area contributed by atoms with E-state index in [1.165, 1.54) is 0 Å². The molecule has 1 N–H and O–H groups in total. The number of hydrogen-bond donors (Lipinski definition) is 1. The summed E-state index contributed by atoms with van der Waals surface area (Å²) in [5.41, 5.74) is 2.38. The minimum atomic E-state index is -0.723. The minimum Gasteiger partial charge on any atom is -0.382 e. The Labute approximate surface area is 99.3 Å². The average molecular weight is 237 g/mol. The lowest BCUT2D eigenvalue weighted by Crippen LogP contribution is -2.02. The molecule has 1 aromatic carbocycles. The first-order chi connectivity index (χ1) is 7.58. The highest BCUT2D eigenvalue weighted by atomic mass is 35.5. The SMILES string of the molecule is Cc1ccc(C(O)c2ccn(C)n2)cc1Cl. The molecule has 0 aliphatic heterocycles. The van der Waals surface area contributed by atoms with Crippen LogP contribution in [0.3, 0.4) is 0 Å². The van der Waals surface area contributed by atoms with E-state index in [-0.39, 0.29) is 0 Å². The van der Waals surface area contributed by atoms with Crippen molar-refractivity contribution in [3.63, 3.8) is 0 Å². The maximum Gasteiger partial charge on any atom is 0.123 e. The van der Waals surface area contributed by atoms with Gasteiger partial charge in [-0.1, -0.05) is 23.7 Å². The van der Waals surface area contributed by atoms with Crippen LogP contribution in [0.15, 0.2) is 30.5 Å². The van der Waals surface area contributed by atoms with E-state index in [1.807, 2.05) is 26.1 Å². The van der Waals surface area contributed by atoms with E-state index < -0.39 is 6.10 Å². The van der Waals surface area contributed by atoms with Crippen LogP contribution in [0.25, 0.3) is 0 Å². The minimum absolute atomic E-state index is 0.627. The molecule has 2 rings (SSSR count). The summed E-state index contributed by atoms with van der Waals surface area (Å²) >= 11 is 6.01. The van der Waals surface area contributed by atoms with Gasteiger partial charge in [0.25, 0.3) is 0 Å². The lowest BCUT2D eigenvalue weighted by molar-refractivity contribution is 0.214. The normalized spacial score (nSPS) is 12.8. The summed E-state index contributed by atoms with van der Waals surface area (Å²) in [6, 6.07) is 7.32. The molecule has 0 spiro atoms. The summed E-state index contributed by atoms with van der Waals surface area (Å²) < 4.78 is 1.66. The first-order valence-electron chi connectivity index (χ1n) is 5.01. The van der Waals surface area contributed by atoms with Crippen LogP contribution >= 0.6 is 11.6 Å². The fourth-order valence-corrected chi connectivity index (χ4v) is 1.72. The molecule has 1 aromatic heterocycles. The number of rotatable bonds is 2. The Morgan fingerprint density at radius 3 is 2.69 bits per heavy atom. The molecule has 3 nitrogen and oxygen atoms in total. The number of benzene rings is 1. The summed E-state index contributed by atoms with van der Waals surface area (Å²) in [5.74, 6) is 0. The van der Waals surface area contributed by atoms with Crippen molar-refractivity contribution in [2.75, 3.05) is 0 Å². The Kier molecular flexibility index (Phi) is 2.99. The first kappa shape index (κ1) is 11.2. The van der Waals surface area contributed by atoms with E-state index in [4.69, 9.17) is 11.6 Å². The summed E-state index contributed by atoms with van der Waals surface area (Å²) in [4.78, 5) is 0. The van der Waals surface area contributed by atoms with Crippen LogP contribution in [0.4, 0.5) is 0 Å². The molecule has 2 aromatic rings. The third-order valence-corrected chi connectivity index (χ3v) is 2.93. The van der Waals surface area contributed by atoms with Crippen LogP contribution in [-0.2, 0) is 7.05 Å². The average Bonchev–Trinajstić information content (AvgIpc) is 2.68. The van der Waals surface area contributed by atoms with Gasteiger partial charge in [0.05, 0.1) is 5.69 Å². The molecule has 0 bridgehead atoms. The maximum absolute atomic E-state index is 10.1. The van der Waals surface area contributed by atoms with Crippen LogP contribution in [0, 0.1) is 6.92 Å². The summed E-state index contributed by atoms with van der Waals surface area (Å²) in [7, 11) is 1.82. The summed E-state index contributed by atoms with van der Waals surface area (Å²) in [6.45, 7) is 1.93. The molecule has 0 fully saturated rings. The zero-order valence-electron chi connectivity index (χ0n) is 9.18. The lowest BCUT2D eigenvalue weighted by Gasteiger charge is -2.09. The largest absolute Gasteiger partial charge is 0.382 e. The summed E-state index contributed by atoms with van der Waals surface area (Å²) in [6.07, 6.45) is 1.08. The third kappa shape index (κ3) is 2.10. The zero-order chi connectivity index (χ0) is 11.7. The van der Waals surface area contributed by atoms with Gasteiger partial charge in [-0.3, -0.25) is 4.68 Å². The van der Waals surface area contributed by atoms with Gasteiger partial charge in [-0.25, -0.2) is 0 Å². The van der Waals surface area contributed by atoms with Crippen LogP contribution in [-0.4, -0.2) is 14.9 Å². The number of aryl methyl sites for hydroxylation is 2. The van der Waals surface area contributed by atoms with E-state index in [0.717, 1.165) is 11.1 Å². The van der Waals surface area contributed by atoms with Gasteiger partial charge in [-0.05, 0) is 30.2 Å². The van der Waals surface area contributed by atoms with E-state index in [1.54, 1.807) is 23.0 Å². The number of nitrogens with zero attached hydrogens (tertiary/aromatic N) is 2. The van der Waals surface area contributed by atoms with Gasteiger partial charge in [-0.2, -0.15) is 5.10 Å². The van der Waals surface area contributed by atoms with Crippen molar-refractivity contribution in [2.24, 2.45) is 7.05 Å². The second-order valence-corrected chi connectivity index (χ2v) is 4.23. The van der Waals surface area contributed by atoms with Crippen LogP contribution in [0.1, 0.15) is 22.9 Å². The molecule has 0 aliphatic carbocycles. The molecule has 0 saturated heterocycles. The van der Waals surface area contributed by atoms with Crippen molar-refractivity contribution in [2.45, 2.75) is 13.0 Å². The fourth-order valence-electron chi connectivity index (χ4n) is 1.53. The predicted molar refractivity (Wildman–Crippen MR) is 63.5 cm³/mol. The number of aromatic nitrogens is 2. The standard InChI is InChI=1S/C12H13ClN2O/c1-8-3-4-9(7-10(8)13)12(16)11-5-6-15(2)14-11/h3-7,12,16H,1-2H3. The smallest absolute Gasteiger partial charge is 0.123 e. The molecule has 0 saturated carbocycles. The lowest BCUT2D eigenvalue weighted by atomic mass is 10.1. The Hall–Kier alpha value is -1.32. The topological polar surface area (TPSA) is 38.0 Å². The van der Waals surface area contributed by atoms with Crippen molar-refractivity contribution in [3.8, 4) is 0 Å². The van der Waals surface area contributed by atoms with Gasteiger partial charge in [-0.15, -0.1) is 0 Å². The van der Waals surface area contributed by atoms with Gasteiger partial charge in [0.15, 0.2) is 0 Å². The van der Waals surface area contributed by atoms with Crippen molar-refractivity contribution in [1.29, 1.82) is 0 Å². The molecule has 0 amide bonds. The quantitative estimate of drug-likeness (QED) is 0.870. The molecule has 4 heteroatoms. The fraction of sp³-hybridized carbons (Fsp3) is 0.250. The Morgan fingerprint density at radius 1 is 1.38 bits per heavy atom. The number of aliphatic hydroxyl groups excluding tert-OH is 1. The molecule has 0 aliphatic rings. The predicted octanol–water partition coefficient (Wildman–Crippen LogP) is 2.46.